The minimum atomic E-state index is 0.164. The first-order valence-corrected chi connectivity index (χ1v) is 5.86. The minimum absolute atomic E-state index is 0.164. The summed E-state index contributed by atoms with van der Waals surface area (Å²) in [7, 11) is 1.81. The Kier molecular flexibility index (Phi) is 3.57. The first-order valence-electron chi connectivity index (χ1n) is 5.86. The number of nitrogens with zero attached hydrogens (tertiary/aromatic N) is 1. The van der Waals surface area contributed by atoms with Crippen LogP contribution in [0.2, 0.25) is 0 Å². The molecule has 0 saturated heterocycles. The van der Waals surface area contributed by atoms with Gasteiger partial charge in [0.2, 0.25) is 5.91 Å². The highest BCUT2D eigenvalue weighted by Crippen LogP contribution is 2.25. The fourth-order valence-electron chi connectivity index (χ4n) is 2.20. The number of hydrogen-bond donors (Lipinski definition) is 1. The molecule has 1 aliphatic rings. The molecule has 1 aromatic carbocycles. The maximum absolute atomic E-state index is 12.0. The molecule has 0 radical (unpaired) electrons. The summed E-state index contributed by atoms with van der Waals surface area (Å²) in [6, 6.07) is 8.23. The van der Waals surface area contributed by atoms with Crippen molar-refractivity contribution in [1.29, 1.82) is 0 Å². The molecule has 0 aliphatic carbocycles. The normalized spacial score (nSPS) is 15.4. The molecule has 16 heavy (non-hydrogen) atoms. The van der Waals surface area contributed by atoms with Crippen molar-refractivity contribution >= 4 is 11.6 Å². The monoisotopic (exact) mass is 218 g/mol. The second-order valence-corrected chi connectivity index (χ2v) is 4.16. The van der Waals surface area contributed by atoms with Crippen LogP contribution in [0.5, 0.6) is 0 Å². The van der Waals surface area contributed by atoms with Crippen molar-refractivity contribution in [3.05, 3.63) is 29.8 Å². The van der Waals surface area contributed by atoms with Gasteiger partial charge < -0.3 is 10.2 Å². The van der Waals surface area contributed by atoms with Crippen LogP contribution in [0.25, 0.3) is 0 Å². The lowest BCUT2D eigenvalue weighted by Gasteiger charge is -2.22. The number of rotatable bonds is 2. The summed E-state index contributed by atoms with van der Waals surface area (Å²) in [6.07, 6.45) is 3.34. The van der Waals surface area contributed by atoms with E-state index in [0.717, 1.165) is 25.1 Å². The van der Waals surface area contributed by atoms with E-state index in [1.54, 1.807) is 0 Å². The maximum atomic E-state index is 12.0. The van der Waals surface area contributed by atoms with Gasteiger partial charge in [0, 0.05) is 12.2 Å². The highest BCUT2D eigenvalue weighted by atomic mass is 16.2. The van der Waals surface area contributed by atoms with Crippen molar-refractivity contribution in [3.8, 4) is 0 Å². The van der Waals surface area contributed by atoms with Gasteiger partial charge in [-0.05, 0) is 37.9 Å². The molecular weight excluding hydrogens is 200 g/mol. The summed E-state index contributed by atoms with van der Waals surface area (Å²) in [5, 5.41) is 2.92. The number of likely N-dealkylation sites (N-methyl/N-ethyl adjacent to an activating group) is 1. The number of nitrogens with one attached hydrogen (secondary N) is 1. The lowest BCUT2D eigenvalue weighted by molar-refractivity contribution is -0.117. The summed E-state index contributed by atoms with van der Waals surface area (Å²) in [6.45, 7) is 1.26. The summed E-state index contributed by atoms with van der Waals surface area (Å²) in [5.41, 5.74) is 2.39. The molecule has 1 amide bonds. The quantitative estimate of drug-likeness (QED) is 0.817. The van der Waals surface area contributed by atoms with Gasteiger partial charge in [0.15, 0.2) is 0 Å². The number of amides is 1. The third-order valence-electron chi connectivity index (χ3n) is 2.99. The smallest absolute Gasteiger partial charge is 0.240 e. The van der Waals surface area contributed by atoms with E-state index in [4.69, 9.17) is 0 Å². The van der Waals surface area contributed by atoms with Crippen LogP contribution in [0.3, 0.4) is 0 Å². The molecule has 1 N–H and O–H groups in total. The molecule has 0 aromatic heterocycles. The van der Waals surface area contributed by atoms with Crippen molar-refractivity contribution < 1.29 is 4.79 Å². The molecule has 3 nitrogen and oxygen atoms in total. The zero-order valence-electron chi connectivity index (χ0n) is 9.70. The van der Waals surface area contributed by atoms with Crippen LogP contribution in [-0.4, -0.2) is 26.0 Å². The number of para-hydroxylation sites is 1. The summed E-state index contributed by atoms with van der Waals surface area (Å²) in [5.74, 6) is 0.164. The van der Waals surface area contributed by atoms with Crippen molar-refractivity contribution in [2.45, 2.75) is 19.3 Å². The van der Waals surface area contributed by atoms with Gasteiger partial charge >= 0.3 is 0 Å². The first kappa shape index (κ1) is 11.1. The van der Waals surface area contributed by atoms with Crippen LogP contribution in [0.4, 0.5) is 5.69 Å². The Labute approximate surface area is 96.5 Å². The van der Waals surface area contributed by atoms with E-state index in [2.05, 4.69) is 11.4 Å². The molecule has 3 heteroatoms. The molecule has 0 spiro atoms. The van der Waals surface area contributed by atoms with Gasteiger partial charge in [-0.2, -0.15) is 0 Å². The van der Waals surface area contributed by atoms with Crippen molar-refractivity contribution in [1.82, 2.24) is 5.32 Å². The third kappa shape index (κ3) is 2.25. The zero-order valence-corrected chi connectivity index (χ0v) is 9.70. The average molecular weight is 218 g/mol. The second kappa shape index (κ2) is 5.12. The average Bonchev–Trinajstić information content (AvgIpc) is 2.51. The van der Waals surface area contributed by atoms with Crippen molar-refractivity contribution in [2.24, 2.45) is 0 Å². The largest absolute Gasteiger partial charge is 0.311 e. The van der Waals surface area contributed by atoms with Crippen molar-refractivity contribution in [3.63, 3.8) is 0 Å². The SMILES string of the molecule is CNCC(=O)N1CCCCc2ccccc21. The van der Waals surface area contributed by atoms with Crippen LogP contribution >= 0.6 is 0 Å². The molecule has 1 heterocycles. The van der Waals surface area contributed by atoms with Gasteiger partial charge in [-0.1, -0.05) is 18.2 Å². The van der Waals surface area contributed by atoms with Gasteiger partial charge in [0.1, 0.15) is 0 Å². The first-order chi connectivity index (χ1) is 7.83. The van der Waals surface area contributed by atoms with Gasteiger partial charge in [-0.3, -0.25) is 4.79 Å². The molecule has 0 saturated carbocycles. The highest BCUT2D eigenvalue weighted by molar-refractivity contribution is 5.95. The van der Waals surface area contributed by atoms with Gasteiger partial charge in [0.05, 0.1) is 6.54 Å². The predicted molar refractivity (Wildman–Crippen MR) is 65.7 cm³/mol. The van der Waals surface area contributed by atoms with E-state index in [1.165, 1.54) is 12.0 Å². The van der Waals surface area contributed by atoms with E-state index in [1.807, 2.05) is 30.1 Å². The lowest BCUT2D eigenvalue weighted by atomic mass is 10.1. The number of aryl methyl sites for hydroxylation is 1. The summed E-state index contributed by atoms with van der Waals surface area (Å²) in [4.78, 5) is 13.9. The molecule has 2 rings (SSSR count). The number of hydrogen-bond acceptors (Lipinski definition) is 2. The number of anilines is 1. The summed E-state index contributed by atoms with van der Waals surface area (Å²) >= 11 is 0. The van der Waals surface area contributed by atoms with Gasteiger partial charge in [-0.25, -0.2) is 0 Å². The zero-order chi connectivity index (χ0) is 11.4. The van der Waals surface area contributed by atoms with E-state index in [0.29, 0.717) is 6.54 Å². The topological polar surface area (TPSA) is 32.3 Å². The number of carbonyl (C=O) groups is 1. The highest BCUT2D eigenvalue weighted by Gasteiger charge is 2.19. The Morgan fingerprint density at radius 1 is 1.38 bits per heavy atom. The van der Waals surface area contributed by atoms with Crippen molar-refractivity contribution in [2.75, 3.05) is 25.0 Å². The Bertz CT molecular complexity index is 376. The van der Waals surface area contributed by atoms with Gasteiger partial charge in [0.25, 0.3) is 0 Å². The van der Waals surface area contributed by atoms with Crippen LogP contribution < -0.4 is 10.2 Å². The second-order valence-electron chi connectivity index (χ2n) is 4.16. The van der Waals surface area contributed by atoms with E-state index in [-0.39, 0.29) is 5.91 Å². The molecule has 1 aromatic rings. The van der Waals surface area contributed by atoms with Crippen LogP contribution in [0, 0.1) is 0 Å². The van der Waals surface area contributed by atoms with E-state index >= 15 is 0 Å². The fourth-order valence-corrected chi connectivity index (χ4v) is 2.20. The molecular formula is C13H18N2O. The molecule has 0 unspecified atom stereocenters. The Hall–Kier alpha value is -1.35. The molecule has 86 valence electrons. The molecule has 1 aliphatic heterocycles. The molecule has 0 atom stereocenters. The third-order valence-corrected chi connectivity index (χ3v) is 2.99. The standard InChI is InChI=1S/C13H18N2O/c1-14-10-13(16)15-9-5-4-7-11-6-2-3-8-12(11)15/h2-3,6,8,14H,4-5,7,9-10H2,1H3. The fraction of sp³-hybridized carbons (Fsp3) is 0.462. The Balaban J connectivity index is 2.28. The lowest BCUT2D eigenvalue weighted by Crippen LogP contribution is -2.37. The molecule has 0 fully saturated rings. The summed E-state index contributed by atoms with van der Waals surface area (Å²) < 4.78 is 0. The van der Waals surface area contributed by atoms with E-state index < -0.39 is 0 Å². The molecule has 0 bridgehead atoms. The Morgan fingerprint density at radius 2 is 2.19 bits per heavy atom. The van der Waals surface area contributed by atoms with Gasteiger partial charge in [-0.15, -0.1) is 0 Å². The predicted octanol–water partition coefficient (Wildman–Crippen LogP) is 1.58. The van der Waals surface area contributed by atoms with Crippen LogP contribution in [0.1, 0.15) is 18.4 Å². The van der Waals surface area contributed by atoms with E-state index in [9.17, 15) is 4.79 Å². The minimum Gasteiger partial charge on any atom is -0.311 e. The van der Waals surface area contributed by atoms with Crippen LogP contribution in [-0.2, 0) is 11.2 Å². The number of fused-ring (bicyclic) bond motifs is 1. The van der Waals surface area contributed by atoms with Crippen LogP contribution in [0.15, 0.2) is 24.3 Å². The number of carbonyl (C=O) groups excluding carboxylic acids is 1. The Morgan fingerprint density at radius 3 is 3.00 bits per heavy atom. The maximum Gasteiger partial charge on any atom is 0.240 e. The number of benzene rings is 1.